The second-order valence-corrected chi connectivity index (χ2v) is 9.53. The van der Waals surface area contributed by atoms with E-state index in [0.29, 0.717) is 36.1 Å². The molecule has 1 saturated carbocycles. The van der Waals surface area contributed by atoms with Crippen molar-refractivity contribution < 1.29 is 13.5 Å². The van der Waals surface area contributed by atoms with E-state index in [2.05, 4.69) is 25.3 Å². The lowest BCUT2D eigenvalue weighted by Crippen LogP contribution is -2.48. The molecule has 2 aromatic heterocycles. The van der Waals surface area contributed by atoms with E-state index in [-0.39, 0.29) is 5.75 Å². The van der Waals surface area contributed by atoms with Gasteiger partial charge in [-0.05, 0) is 56.6 Å². The van der Waals surface area contributed by atoms with E-state index in [1.165, 1.54) is 12.1 Å². The van der Waals surface area contributed by atoms with Crippen LogP contribution in [0.25, 0.3) is 0 Å². The molecule has 0 amide bonds. The molecular formula is C24H27F2N7O. The minimum Gasteiger partial charge on any atom is -0.479 e. The van der Waals surface area contributed by atoms with Gasteiger partial charge in [0.05, 0.1) is 0 Å². The van der Waals surface area contributed by atoms with Crippen molar-refractivity contribution in [2.75, 3.05) is 23.3 Å². The van der Waals surface area contributed by atoms with Crippen molar-refractivity contribution in [3.63, 3.8) is 0 Å². The summed E-state index contributed by atoms with van der Waals surface area (Å²) < 4.78 is 35.1. The molecule has 34 heavy (non-hydrogen) atoms. The molecule has 0 unspecified atom stereocenters. The molecule has 0 radical (unpaired) electrons. The predicted molar refractivity (Wildman–Crippen MR) is 122 cm³/mol. The molecule has 3 aromatic rings. The lowest BCUT2D eigenvalue weighted by Gasteiger charge is -2.38. The zero-order valence-electron chi connectivity index (χ0n) is 19.0. The van der Waals surface area contributed by atoms with Gasteiger partial charge in [-0.15, -0.1) is 5.10 Å². The third-order valence-corrected chi connectivity index (χ3v) is 7.23. The Morgan fingerprint density at radius 3 is 2.65 bits per heavy atom. The van der Waals surface area contributed by atoms with Crippen molar-refractivity contribution in [2.24, 2.45) is 11.8 Å². The largest absolute Gasteiger partial charge is 0.479 e. The number of fused-ring (bicyclic) bond motifs is 3. The van der Waals surface area contributed by atoms with Gasteiger partial charge in [0.2, 0.25) is 5.95 Å². The fourth-order valence-electron chi connectivity index (χ4n) is 5.62. The smallest absolute Gasteiger partial charge is 0.242 e. The molecule has 2 aliphatic heterocycles. The molecule has 1 aromatic carbocycles. The van der Waals surface area contributed by atoms with E-state index in [1.807, 2.05) is 17.7 Å². The lowest BCUT2D eigenvalue weighted by atomic mass is 9.92. The Bertz CT molecular complexity index is 1190. The first kappa shape index (κ1) is 21.2. The van der Waals surface area contributed by atoms with E-state index in [1.54, 1.807) is 6.33 Å². The number of nitrogens with one attached hydrogen (secondary N) is 1. The number of piperidine rings is 1. The number of hydrogen-bond acceptors (Lipinski definition) is 7. The minimum atomic E-state index is -0.711. The third kappa shape index (κ3) is 3.95. The average molecular weight is 468 g/mol. The summed E-state index contributed by atoms with van der Waals surface area (Å²) in [5.74, 6) is 1.92. The van der Waals surface area contributed by atoms with Crippen LogP contribution in [0.4, 0.5) is 20.5 Å². The SMILES string of the molecule is Cc1cc(N2C[C@H]3CC[C@@H](C2)[C@@H]3Nc2nc3n(n2)CCC[C@H]3Oc2ccc(F)cc2F)ncn1. The van der Waals surface area contributed by atoms with Crippen LogP contribution in [-0.4, -0.2) is 43.9 Å². The number of anilines is 2. The average Bonchev–Trinajstić information content (AvgIpc) is 3.32. The Labute approximate surface area is 196 Å². The second-order valence-electron chi connectivity index (χ2n) is 9.53. The van der Waals surface area contributed by atoms with Crippen LogP contribution in [0.5, 0.6) is 5.75 Å². The molecule has 10 heteroatoms. The Hall–Kier alpha value is -3.30. The second kappa shape index (κ2) is 8.48. The van der Waals surface area contributed by atoms with Gasteiger partial charge in [0.15, 0.2) is 23.5 Å². The number of aromatic nitrogens is 5. The summed E-state index contributed by atoms with van der Waals surface area (Å²) in [5.41, 5.74) is 0.975. The molecule has 8 nitrogen and oxygen atoms in total. The van der Waals surface area contributed by atoms with E-state index in [4.69, 9.17) is 9.72 Å². The van der Waals surface area contributed by atoms with Crippen LogP contribution < -0.4 is 15.0 Å². The van der Waals surface area contributed by atoms with Gasteiger partial charge in [0.1, 0.15) is 18.0 Å². The number of benzene rings is 1. The molecule has 2 fully saturated rings. The summed E-state index contributed by atoms with van der Waals surface area (Å²) in [6.45, 7) is 4.61. The summed E-state index contributed by atoms with van der Waals surface area (Å²) in [6.07, 6.45) is 5.09. The Morgan fingerprint density at radius 2 is 1.88 bits per heavy atom. The molecule has 178 valence electrons. The van der Waals surface area contributed by atoms with Crippen molar-refractivity contribution >= 4 is 11.8 Å². The third-order valence-electron chi connectivity index (χ3n) is 7.23. The van der Waals surface area contributed by atoms with Crippen molar-refractivity contribution in [1.29, 1.82) is 0 Å². The maximum atomic E-state index is 14.1. The van der Waals surface area contributed by atoms with Crippen molar-refractivity contribution in [1.82, 2.24) is 24.7 Å². The minimum absolute atomic E-state index is 0.0303. The zero-order valence-corrected chi connectivity index (χ0v) is 19.0. The Morgan fingerprint density at radius 1 is 1.06 bits per heavy atom. The fourth-order valence-corrected chi connectivity index (χ4v) is 5.62. The summed E-state index contributed by atoms with van der Waals surface area (Å²) in [4.78, 5) is 15.8. The standard InChI is InChI=1S/C24H27F2N7O/c1-14-9-21(28-13-27-14)32-11-15-4-5-16(12-32)22(15)29-24-30-23-20(3-2-8-33(23)31-24)34-19-7-6-17(25)10-18(19)26/h6-7,9-10,13,15-16,20,22H,2-5,8,11-12H2,1H3,(H,29,31)/t15-,16+,20-,22-/m1/s1. The summed E-state index contributed by atoms with van der Waals surface area (Å²) in [6, 6.07) is 5.70. The van der Waals surface area contributed by atoms with Gasteiger partial charge in [0, 0.05) is 43.5 Å². The van der Waals surface area contributed by atoms with E-state index in [0.717, 1.165) is 56.5 Å². The number of nitrogens with zero attached hydrogens (tertiary/aromatic N) is 6. The molecule has 4 atom stereocenters. The molecule has 1 N–H and O–H groups in total. The molecular weight excluding hydrogens is 440 g/mol. The fraction of sp³-hybridized carbons (Fsp3) is 0.500. The topological polar surface area (TPSA) is 81.0 Å². The first-order valence-electron chi connectivity index (χ1n) is 11.9. The van der Waals surface area contributed by atoms with Gasteiger partial charge in [-0.1, -0.05) is 0 Å². The van der Waals surface area contributed by atoms with E-state index >= 15 is 0 Å². The van der Waals surface area contributed by atoms with Crippen LogP contribution >= 0.6 is 0 Å². The first-order valence-corrected chi connectivity index (χ1v) is 11.9. The summed E-state index contributed by atoms with van der Waals surface area (Å²) in [7, 11) is 0. The number of ether oxygens (including phenoxy) is 1. The van der Waals surface area contributed by atoms with Crippen molar-refractivity contribution in [3.8, 4) is 5.75 Å². The van der Waals surface area contributed by atoms with Crippen LogP contribution in [0.2, 0.25) is 0 Å². The maximum Gasteiger partial charge on any atom is 0.242 e. The molecule has 4 heterocycles. The number of halogens is 2. The molecule has 3 aliphatic rings. The van der Waals surface area contributed by atoms with Crippen LogP contribution in [0.3, 0.4) is 0 Å². The van der Waals surface area contributed by atoms with Gasteiger partial charge < -0.3 is 15.0 Å². The number of aryl methyl sites for hydroxylation is 2. The highest BCUT2D eigenvalue weighted by Crippen LogP contribution is 2.40. The summed E-state index contributed by atoms with van der Waals surface area (Å²) in [5, 5.41) is 8.29. The van der Waals surface area contributed by atoms with E-state index in [9.17, 15) is 8.78 Å². The quantitative estimate of drug-likeness (QED) is 0.610. The van der Waals surface area contributed by atoms with Crippen LogP contribution in [0, 0.1) is 30.4 Å². The van der Waals surface area contributed by atoms with Gasteiger partial charge >= 0.3 is 0 Å². The first-order chi connectivity index (χ1) is 16.5. The Kier molecular flexibility index (Phi) is 5.30. The summed E-state index contributed by atoms with van der Waals surface area (Å²) >= 11 is 0. The highest BCUT2D eigenvalue weighted by Gasteiger charge is 2.43. The van der Waals surface area contributed by atoms with Crippen molar-refractivity contribution in [2.45, 2.75) is 51.3 Å². The highest BCUT2D eigenvalue weighted by molar-refractivity contribution is 5.41. The highest BCUT2D eigenvalue weighted by atomic mass is 19.1. The predicted octanol–water partition coefficient (Wildman–Crippen LogP) is 3.90. The number of hydrogen-bond donors (Lipinski definition) is 1. The molecule has 1 saturated heterocycles. The van der Waals surface area contributed by atoms with Gasteiger partial charge in [0.25, 0.3) is 0 Å². The zero-order chi connectivity index (χ0) is 23.2. The Balaban J connectivity index is 1.17. The molecule has 1 aliphatic carbocycles. The molecule has 2 bridgehead atoms. The monoisotopic (exact) mass is 467 g/mol. The maximum absolute atomic E-state index is 14.1. The van der Waals surface area contributed by atoms with Gasteiger partial charge in [-0.2, -0.15) is 4.98 Å². The van der Waals surface area contributed by atoms with Crippen LogP contribution in [-0.2, 0) is 6.54 Å². The van der Waals surface area contributed by atoms with Gasteiger partial charge in [-0.3, -0.25) is 0 Å². The molecule has 6 rings (SSSR count). The van der Waals surface area contributed by atoms with Crippen LogP contribution in [0.1, 0.15) is 43.3 Å². The lowest BCUT2D eigenvalue weighted by molar-refractivity contribution is 0.149. The molecule has 0 spiro atoms. The van der Waals surface area contributed by atoms with Crippen molar-refractivity contribution in [3.05, 3.63) is 53.7 Å². The number of rotatable bonds is 5. The van der Waals surface area contributed by atoms with E-state index < -0.39 is 17.7 Å². The van der Waals surface area contributed by atoms with Gasteiger partial charge in [-0.25, -0.2) is 23.4 Å². The van der Waals surface area contributed by atoms with Crippen LogP contribution in [0.15, 0.2) is 30.6 Å². The normalized spacial score (nSPS) is 25.8.